The van der Waals surface area contributed by atoms with E-state index in [1.165, 1.54) is 10.7 Å². The minimum atomic E-state index is -0.496. The first-order valence-corrected chi connectivity index (χ1v) is 7.49. The van der Waals surface area contributed by atoms with Gasteiger partial charge in [0.05, 0.1) is 17.8 Å². The zero-order chi connectivity index (χ0) is 16.8. The van der Waals surface area contributed by atoms with Gasteiger partial charge in [-0.2, -0.15) is 5.10 Å². The van der Waals surface area contributed by atoms with E-state index in [1.54, 1.807) is 26.0 Å². The first kappa shape index (κ1) is 14.4. The molecule has 0 N–H and O–H groups in total. The van der Waals surface area contributed by atoms with Crippen molar-refractivity contribution in [3.8, 4) is 0 Å². The summed E-state index contributed by atoms with van der Waals surface area (Å²) in [6.07, 6.45) is 1.41. The number of esters is 1. The fourth-order valence-corrected chi connectivity index (χ4v) is 2.85. The monoisotopic (exact) mass is 323 g/mol. The van der Waals surface area contributed by atoms with Gasteiger partial charge in [0.1, 0.15) is 16.5 Å². The molecule has 0 aliphatic heterocycles. The molecule has 0 spiro atoms. The molecule has 0 atom stereocenters. The Labute approximate surface area is 135 Å². The number of ether oxygens (including phenoxy) is 1. The summed E-state index contributed by atoms with van der Waals surface area (Å²) in [6.45, 7) is 3.70. The number of aromatic nitrogens is 3. The Morgan fingerprint density at radius 3 is 2.88 bits per heavy atom. The van der Waals surface area contributed by atoms with E-state index >= 15 is 0 Å². The number of carbonyl (C=O) groups is 1. The molecule has 0 amide bonds. The lowest BCUT2D eigenvalue weighted by Gasteiger charge is -2.04. The molecule has 4 aromatic rings. The molecular weight excluding hydrogens is 310 g/mol. The summed E-state index contributed by atoms with van der Waals surface area (Å²) >= 11 is 0. The SMILES string of the molecule is CCOC(=O)c1c(C)nn2c1ncc1c(=O)oc3ccccc3c12. The van der Waals surface area contributed by atoms with E-state index in [2.05, 4.69) is 10.1 Å². The molecule has 0 bridgehead atoms. The van der Waals surface area contributed by atoms with Crippen molar-refractivity contribution in [2.45, 2.75) is 13.8 Å². The average molecular weight is 323 g/mol. The topological polar surface area (TPSA) is 86.7 Å². The highest BCUT2D eigenvalue weighted by molar-refractivity contribution is 6.04. The number of aryl methyl sites for hydroxylation is 1. The van der Waals surface area contributed by atoms with Crippen molar-refractivity contribution in [3.63, 3.8) is 0 Å². The van der Waals surface area contributed by atoms with Gasteiger partial charge in [-0.15, -0.1) is 0 Å². The Morgan fingerprint density at radius 2 is 2.08 bits per heavy atom. The normalized spacial score (nSPS) is 11.4. The van der Waals surface area contributed by atoms with Crippen LogP contribution in [0.3, 0.4) is 0 Å². The number of rotatable bonds is 2. The number of carbonyl (C=O) groups excluding carboxylic acids is 1. The van der Waals surface area contributed by atoms with Gasteiger partial charge < -0.3 is 9.15 Å². The fraction of sp³-hybridized carbons (Fsp3) is 0.176. The smallest absolute Gasteiger partial charge is 0.347 e. The average Bonchev–Trinajstić information content (AvgIpc) is 2.91. The Bertz CT molecular complexity index is 1170. The number of fused-ring (bicyclic) bond motifs is 5. The van der Waals surface area contributed by atoms with Crippen LogP contribution in [0.5, 0.6) is 0 Å². The van der Waals surface area contributed by atoms with Gasteiger partial charge in [0.15, 0.2) is 5.65 Å². The second kappa shape index (κ2) is 5.16. The molecule has 3 aromatic heterocycles. The lowest BCUT2D eigenvalue weighted by Crippen LogP contribution is -2.08. The largest absolute Gasteiger partial charge is 0.462 e. The van der Waals surface area contributed by atoms with Gasteiger partial charge in [-0.25, -0.2) is 19.1 Å². The molecule has 0 radical (unpaired) electrons. The van der Waals surface area contributed by atoms with Gasteiger partial charge in [-0.05, 0) is 26.0 Å². The van der Waals surface area contributed by atoms with E-state index in [0.29, 0.717) is 33.4 Å². The molecule has 7 heteroatoms. The zero-order valence-corrected chi connectivity index (χ0v) is 13.1. The summed E-state index contributed by atoms with van der Waals surface area (Å²) in [4.78, 5) is 28.7. The predicted octanol–water partition coefficient (Wildman–Crippen LogP) is 2.47. The van der Waals surface area contributed by atoms with Crippen molar-refractivity contribution >= 4 is 33.5 Å². The molecular formula is C17H13N3O4. The van der Waals surface area contributed by atoms with E-state index in [4.69, 9.17) is 9.15 Å². The van der Waals surface area contributed by atoms with Crippen LogP contribution in [0.25, 0.3) is 27.5 Å². The third-order valence-corrected chi connectivity index (χ3v) is 3.86. The lowest BCUT2D eigenvalue weighted by atomic mass is 10.2. The van der Waals surface area contributed by atoms with Crippen molar-refractivity contribution in [3.05, 3.63) is 52.1 Å². The molecule has 1 aromatic carbocycles. The summed E-state index contributed by atoms with van der Waals surface area (Å²) in [5.74, 6) is -0.482. The van der Waals surface area contributed by atoms with Gasteiger partial charge in [0.2, 0.25) is 0 Å². The van der Waals surface area contributed by atoms with Gasteiger partial charge in [0, 0.05) is 11.6 Å². The van der Waals surface area contributed by atoms with Crippen LogP contribution in [0.15, 0.2) is 39.7 Å². The number of para-hydroxylation sites is 1. The number of hydrogen-bond donors (Lipinski definition) is 0. The molecule has 0 unspecified atom stereocenters. The first-order chi connectivity index (χ1) is 11.6. The van der Waals surface area contributed by atoms with Crippen molar-refractivity contribution in [2.75, 3.05) is 6.61 Å². The maximum Gasteiger partial charge on any atom is 0.347 e. The number of hydrogen-bond acceptors (Lipinski definition) is 6. The summed E-state index contributed by atoms with van der Waals surface area (Å²) in [7, 11) is 0. The molecule has 0 saturated heterocycles. The molecule has 0 saturated carbocycles. The summed E-state index contributed by atoms with van der Waals surface area (Å²) < 4.78 is 11.9. The zero-order valence-electron chi connectivity index (χ0n) is 13.1. The maximum atomic E-state index is 12.2. The van der Waals surface area contributed by atoms with Crippen LogP contribution in [0, 0.1) is 6.92 Å². The summed E-state index contributed by atoms with van der Waals surface area (Å²) in [6, 6.07) is 7.18. The third kappa shape index (κ3) is 1.91. The van der Waals surface area contributed by atoms with E-state index in [0.717, 1.165) is 5.39 Å². The van der Waals surface area contributed by atoms with Crippen LogP contribution in [0.1, 0.15) is 23.0 Å². The second-order valence-corrected chi connectivity index (χ2v) is 5.32. The van der Waals surface area contributed by atoms with Crippen LogP contribution in [0.2, 0.25) is 0 Å². The first-order valence-electron chi connectivity index (χ1n) is 7.49. The Hall–Kier alpha value is -3.22. The van der Waals surface area contributed by atoms with Crippen molar-refractivity contribution in [1.29, 1.82) is 0 Å². The predicted molar refractivity (Wildman–Crippen MR) is 87.2 cm³/mol. The maximum absolute atomic E-state index is 12.2. The highest BCUT2D eigenvalue weighted by Crippen LogP contribution is 2.25. The Kier molecular flexibility index (Phi) is 3.09. The van der Waals surface area contributed by atoms with Crippen molar-refractivity contribution < 1.29 is 13.9 Å². The molecule has 0 aliphatic rings. The van der Waals surface area contributed by atoms with E-state index in [-0.39, 0.29) is 6.61 Å². The minimum Gasteiger partial charge on any atom is -0.462 e. The molecule has 120 valence electrons. The van der Waals surface area contributed by atoms with E-state index < -0.39 is 11.6 Å². The van der Waals surface area contributed by atoms with Gasteiger partial charge >= 0.3 is 11.6 Å². The van der Waals surface area contributed by atoms with E-state index in [9.17, 15) is 9.59 Å². The third-order valence-electron chi connectivity index (χ3n) is 3.86. The number of benzene rings is 1. The van der Waals surface area contributed by atoms with E-state index in [1.807, 2.05) is 12.1 Å². The van der Waals surface area contributed by atoms with Crippen molar-refractivity contribution in [1.82, 2.24) is 14.6 Å². The summed E-state index contributed by atoms with van der Waals surface area (Å²) in [5.41, 5.74) is 1.67. The molecule has 7 nitrogen and oxygen atoms in total. The highest BCUT2D eigenvalue weighted by atomic mass is 16.5. The Balaban J connectivity index is 2.21. The Morgan fingerprint density at radius 1 is 1.29 bits per heavy atom. The quantitative estimate of drug-likeness (QED) is 0.320. The van der Waals surface area contributed by atoms with Crippen molar-refractivity contribution in [2.24, 2.45) is 0 Å². The minimum absolute atomic E-state index is 0.260. The molecule has 3 heterocycles. The fourth-order valence-electron chi connectivity index (χ4n) is 2.85. The van der Waals surface area contributed by atoms with Crippen LogP contribution >= 0.6 is 0 Å². The van der Waals surface area contributed by atoms with Crippen LogP contribution < -0.4 is 5.63 Å². The van der Waals surface area contributed by atoms with Gasteiger partial charge in [-0.3, -0.25) is 0 Å². The molecule has 24 heavy (non-hydrogen) atoms. The molecule has 0 fully saturated rings. The number of nitrogens with zero attached hydrogens (tertiary/aromatic N) is 3. The van der Waals surface area contributed by atoms with Gasteiger partial charge in [0.25, 0.3) is 0 Å². The lowest BCUT2D eigenvalue weighted by molar-refractivity contribution is 0.0527. The summed E-state index contributed by atoms with van der Waals surface area (Å²) in [5, 5.41) is 5.43. The highest BCUT2D eigenvalue weighted by Gasteiger charge is 2.22. The molecule has 4 rings (SSSR count). The van der Waals surface area contributed by atoms with Crippen LogP contribution in [-0.2, 0) is 4.74 Å². The van der Waals surface area contributed by atoms with Crippen LogP contribution in [0.4, 0.5) is 0 Å². The standard InChI is InChI=1S/C17H13N3O4/c1-3-23-17(22)13-9(2)19-20-14-10-6-4-5-7-12(10)24-16(21)11(14)8-18-15(13)20/h4-8H,3H2,1-2H3. The van der Waals surface area contributed by atoms with Crippen LogP contribution in [-0.4, -0.2) is 27.2 Å². The molecule has 0 aliphatic carbocycles. The second-order valence-electron chi connectivity index (χ2n) is 5.32. The van der Waals surface area contributed by atoms with Gasteiger partial charge in [-0.1, -0.05) is 12.1 Å².